The number of aromatic amines is 1. The third kappa shape index (κ3) is 3.17. The highest BCUT2D eigenvalue weighted by Crippen LogP contribution is 2.39. The standard InChI is InChI=1S/C14H13BrN2O9/c1-4(18)23-9-7-8(10(13(21)26-7)24-5(2)19)25-12(9)17-3-6(15)11(20)16-14(17)22/h3,7-10,12H,1-2H3,(H,16,20,22)/t7-,8+,9+,10+,12-/m0/s1. The monoisotopic (exact) mass is 432 g/mol. The Morgan fingerprint density at radius 1 is 1.15 bits per heavy atom. The lowest BCUT2D eigenvalue weighted by Gasteiger charge is -2.23. The van der Waals surface area contributed by atoms with E-state index in [2.05, 4.69) is 20.9 Å². The zero-order chi connectivity index (χ0) is 19.2. The van der Waals surface area contributed by atoms with Gasteiger partial charge < -0.3 is 18.9 Å². The summed E-state index contributed by atoms with van der Waals surface area (Å²) in [6.07, 6.45) is -4.76. The molecule has 12 heteroatoms. The Balaban J connectivity index is 2.01. The van der Waals surface area contributed by atoms with Gasteiger partial charge in [-0.05, 0) is 15.9 Å². The summed E-state index contributed by atoms with van der Waals surface area (Å²) in [6.45, 7) is 2.25. The van der Waals surface area contributed by atoms with Crippen LogP contribution in [-0.2, 0) is 33.3 Å². The molecule has 2 aliphatic heterocycles. The van der Waals surface area contributed by atoms with Gasteiger partial charge in [0.1, 0.15) is 6.10 Å². The molecule has 11 nitrogen and oxygen atoms in total. The average Bonchev–Trinajstić information content (AvgIpc) is 3.00. The Morgan fingerprint density at radius 2 is 1.81 bits per heavy atom. The number of nitrogens with one attached hydrogen (secondary N) is 1. The summed E-state index contributed by atoms with van der Waals surface area (Å²) in [7, 11) is 0. The Bertz CT molecular complexity index is 891. The zero-order valence-corrected chi connectivity index (χ0v) is 15.0. The smallest absolute Gasteiger partial charge is 0.350 e. The number of rotatable bonds is 3. The van der Waals surface area contributed by atoms with Crippen LogP contribution in [0.15, 0.2) is 20.3 Å². The molecule has 3 heterocycles. The maximum absolute atomic E-state index is 12.1. The maximum Gasteiger partial charge on any atom is 0.350 e. The van der Waals surface area contributed by atoms with E-state index in [-0.39, 0.29) is 4.47 Å². The zero-order valence-electron chi connectivity index (χ0n) is 13.5. The molecule has 2 aliphatic rings. The van der Waals surface area contributed by atoms with Crippen molar-refractivity contribution < 1.29 is 33.3 Å². The minimum absolute atomic E-state index is 0.0351. The van der Waals surface area contributed by atoms with Crippen molar-refractivity contribution in [2.75, 3.05) is 0 Å². The molecule has 1 aromatic rings. The van der Waals surface area contributed by atoms with E-state index in [1.165, 1.54) is 0 Å². The minimum Gasteiger partial charge on any atom is -0.454 e. The van der Waals surface area contributed by atoms with Crippen LogP contribution >= 0.6 is 15.9 Å². The van der Waals surface area contributed by atoms with Crippen molar-refractivity contribution in [1.29, 1.82) is 0 Å². The number of carbonyl (C=O) groups excluding carboxylic acids is 3. The number of H-pyrrole nitrogens is 1. The predicted octanol–water partition coefficient (Wildman–Crippen LogP) is -1.01. The number of carbonyl (C=O) groups is 3. The summed E-state index contributed by atoms with van der Waals surface area (Å²) < 4.78 is 21.9. The van der Waals surface area contributed by atoms with Gasteiger partial charge in [-0.2, -0.15) is 0 Å². The fourth-order valence-corrected chi connectivity index (χ4v) is 3.18. The van der Waals surface area contributed by atoms with Gasteiger partial charge in [0.15, 0.2) is 18.4 Å². The van der Waals surface area contributed by atoms with Gasteiger partial charge >= 0.3 is 23.6 Å². The second-order valence-corrected chi connectivity index (χ2v) is 6.49. The summed E-state index contributed by atoms with van der Waals surface area (Å²) in [5, 5.41) is 0. The molecule has 0 aromatic carbocycles. The Labute approximate surface area is 153 Å². The van der Waals surface area contributed by atoms with E-state index in [1.54, 1.807) is 0 Å². The molecule has 26 heavy (non-hydrogen) atoms. The molecular weight excluding hydrogens is 420 g/mol. The number of ether oxygens (including phenoxy) is 4. The highest BCUT2D eigenvalue weighted by Gasteiger charge is 2.61. The summed E-state index contributed by atoms with van der Waals surface area (Å²) in [6, 6.07) is 0. The summed E-state index contributed by atoms with van der Waals surface area (Å²) in [5.41, 5.74) is -1.48. The fraction of sp³-hybridized carbons (Fsp3) is 0.500. The molecular formula is C14H13BrN2O9. The molecule has 5 atom stereocenters. The minimum atomic E-state index is -1.36. The number of halogens is 1. The quantitative estimate of drug-likeness (QED) is 0.468. The van der Waals surface area contributed by atoms with Gasteiger partial charge in [0.25, 0.3) is 5.56 Å². The first-order valence-corrected chi connectivity index (χ1v) is 8.19. The van der Waals surface area contributed by atoms with Crippen molar-refractivity contribution in [3.8, 4) is 0 Å². The highest BCUT2D eigenvalue weighted by molar-refractivity contribution is 9.10. The molecule has 0 aliphatic carbocycles. The van der Waals surface area contributed by atoms with E-state index >= 15 is 0 Å². The van der Waals surface area contributed by atoms with Crippen molar-refractivity contribution in [3.63, 3.8) is 0 Å². The normalized spacial score (nSPS) is 29.8. The van der Waals surface area contributed by atoms with Gasteiger partial charge in [-0.15, -0.1) is 0 Å². The van der Waals surface area contributed by atoms with Crippen LogP contribution in [0, 0.1) is 0 Å². The largest absolute Gasteiger partial charge is 0.454 e. The van der Waals surface area contributed by atoms with Crippen LogP contribution in [0.3, 0.4) is 0 Å². The summed E-state index contributed by atoms with van der Waals surface area (Å²) >= 11 is 2.99. The van der Waals surface area contributed by atoms with Crippen LogP contribution in [0.1, 0.15) is 20.1 Å². The molecule has 2 saturated heterocycles. The van der Waals surface area contributed by atoms with Crippen molar-refractivity contribution in [3.05, 3.63) is 31.5 Å². The number of hydrogen-bond acceptors (Lipinski definition) is 9. The van der Waals surface area contributed by atoms with Crippen molar-refractivity contribution in [2.45, 2.75) is 44.5 Å². The molecule has 1 aromatic heterocycles. The lowest BCUT2D eigenvalue weighted by atomic mass is 10.1. The van der Waals surface area contributed by atoms with Crippen molar-refractivity contribution in [1.82, 2.24) is 9.55 Å². The second-order valence-electron chi connectivity index (χ2n) is 5.64. The molecule has 2 fully saturated rings. The topological polar surface area (TPSA) is 143 Å². The van der Waals surface area contributed by atoms with Gasteiger partial charge in [-0.1, -0.05) is 0 Å². The average molecular weight is 433 g/mol. The molecule has 0 bridgehead atoms. The van der Waals surface area contributed by atoms with Crippen molar-refractivity contribution >= 4 is 33.8 Å². The Morgan fingerprint density at radius 3 is 2.42 bits per heavy atom. The van der Waals surface area contributed by atoms with Crippen LogP contribution in [-0.4, -0.2) is 51.9 Å². The summed E-state index contributed by atoms with van der Waals surface area (Å²) in [4.78, 5) is 60.3. The van der Waals surface area contributed by atoms with E-state index in [1.807, 2.05) is 0 Å². The lowest BCUT2D eigenvalue weighted by molar-refractivity contribution is -0.174. The van der Waals surface area contributed by atoms with E-state index < -0.39 is 59.8 Å². The van der Waals surface area contributed by atoms with Crippen LogP contribution in [0.5, 0.6) is 0 Å². The van der Waals surface area contributed by atoms with Crippen LogP contribution < -0.4 is 11.2 Å². The number of esters is 3. The fourth-order valence-electron chi connectivity index (χ4n) is 2.86. The van der Waals surface area contributed by atoms with Gasteiger partial charge in [-0.3, -0.25) is 23.9 Å². The predicted molar refractivity (Wildman–Crippen MR) is 83.9 cm³/mol. The van der Waals surface area contributed by atoms with Gasteiger partial charge in [-0.25, -0.2) is 9.59 Å². The van der Waals surface area contributed by atoms with E-state index in [9.17, 15) is 24.0 Å². The first kappa shape index (κ1) is 18.3. The van der Waals surface area contributed by atoms with Crippen LogP contribution in [0.25, 0.3) is 0 Å². The van der Waals surface area contributed by atoms with E-state index in [4.69, 9.17) is 18.9 Å². The van der Waals surface area contributed by atoms with Gasteiger partial charge in [0, 0.05) is 20.0 Å². The number of hydrogen-bond donors (Lipinski definition) is 1. The highest BCUT2D eigenvalue weighted by atomic mass is 79.9. The second kappa shape index (κ2) is 6.68. The molecule has 3 rings (SSSR count). The van der Waals surface area contributed by atoms with E-state index in [0.717, 1.165) is 24.6 Å². The lowest BCUT2D eigenvalue weighted by Crippen LogP contribution is -2.40. The van der Waals surface area contributed by atoms with Crippen LogP contribution in [0.4, 0.5) is 0 Å². The number of fused-ring (bicyclic) bond motifs is 1. The molecule has 140 valence electrons. The maximum atomic E-state index is 12.1. The third-order valence-electron chi connectivity index (χ3n) is 3.80. The van der Waals surface area contributed by atoms with Gasteiger partial charge in [0.2, 0.25) is 6.10 Å². The SMILES string of the molecule is CC(=O)O[C@@H]1[C@H]2OC(=O)[C@H](OC(C)=O)[C@@H]2O[C@@H]1n1cc(Br)c(=O)[nH]c1=O. The molecule has 1 N–H and O–H groups in total. The van der Waals surface area contributed by atoms with Crippen molar-refractivity contribution in [2.24, 2.45) is 0 Å². The molecule has 0 amide bonds. The summed E-state index contributed by atoms with van der Waals surface area (Å²) in [5.74, 6) is -2.28. The first-order chi connectivity index (χ1) is 12.2. The first-order valence-electron chi connectivity index (χ1n) is 7.40. The van der Waals surface area contributed by atoms with Gasteiger partial charge in [0.05, 0.1) is 4.47 Å². The molecule has 0 spiro atoms. The Kier molecular flexibility index (Phi) is 4.71. The number of nitrogens with zero attached hydrogens (tertiary/aromatic N) is 1. The molecule has 0 radical (unpaired) electrons. The van der Waals surface area contributed by atoms with E-state index in [0.29, 0.717) is 0 Å². The third-order valence-corrected chi connectivity index (χ3v) is 4.37. The van der Waals surface area contributed by atoms with Crippen LogP contribution in [0.2, 0.25) is 0 Å². The molecule has 0 unspecified atom stereocenters. The molecule has 0 saturated carbocycles. The number of aromatic nitrogens is 2. The Hall–Kier alpha value is -2.47.